The van der Waals surface area contributed by atoms with Crippen LogP contribution in [0.2, 0.25) is 10.0 Å². The lowest BCUT2D eigenvalue weighted by molar-refractivity contribution is 0.298. The van der Waals surface area contributed by atoms with Gasteiger partial charge >= 0.3 is 0 Å². The van der Waals surface area contributed by atoms with Crippen molar-refractivity contribution in [2.75, 3.05) is 0 Å². The number of hydrogen-bond donors (Lipinski definition) is 0. The monoisotopic (exact) mass is 410 g/mol. The second kappa shape index (κ2) is 7.70. The molecule has 4 aromatic rings. The average Bonchev–Trinajstić information content (AvgIpc) is 2.68. The first-order valence-corrected chi connectivity index (χ1v) is 9.48. The molecule has 3 aromatic carbocycles. The van der Waals surface area contributed by atoms with E-state index in [-0.39, 0.29) is 17.8 Å². The number of benzene rings is 3. The van der Waals surface area contributed by atoms with Crippen LogP contribution in [0.5, 0.6) is 5.75 Å². The van der Waals surface area contributed by atoms with E-state index in [2.05, 4.69) is 0 Å². The summed E-state index contributed by atoms with van der Waals surface area (Å²) in [4.78, 5) is 13.2. The van der Waals surface area contributed by atoms with Gasteiger partial charge in [-0.25, -0.2) is 0 Å². The SMILES string of the molecule is Cc1cccc(COc2c(-c3ccccc3Cl)oc3ccc(Cl)cc3c2=O)c1. The van der Waals surface area contributed by atoms with Crippen molar-refractivity contribution < 1.29 is 9.15 Å². The second-order valence-corrected chi connectivity index (χ2v) is 7.33. The summed E-state index contributed by atoms with van der Waals surface area (Å²) in [7, 11) is 0. The Hall–Kier alpha value is -2.75. The van der Waals surface area contributed by atoms with Crippen molar-refractivity contribution in [2.24, 2.45) is 0 Å². The maximum atomic E-state index is 13.2. The van der Waals surface area contributed by atoms with Crippen LogP contribution < -0.4 is 10.2 Å². The number of fused-ring (bicyclic) bond motifs is 1. The minimum Gasteiger partial charge on any atom is -0.481 e. The number of ether oxygens (including phenoxy) is 1. The first-order chi connectivity index (χ1) is 13.5. The molecule has 4 rings (SSSR count). The quantitative estimate of drug-likeness (QED) is 0.377. The van der Waals surface area contributed by atoms with E-state index in [9.17, 15) is 4.79 Å². The van der Waals surface area contributed by atoms with Gasteiger partial charge in [0.05, 0.1) is 10.4 Å². The van der Waals surface area contributed by atoms with E-state index in [0.717, 1.165) is 11.1 Å². The van der Waals surface area contributed by atoms with Crippen molar-refractivity contribution in [1.29, 1.82) is 0 Å². The molecule has 3 nitrogen and oxygen atoms in total. The molecule has 0 saturated carbocycles. The highest BCUT2D eigenvalue weighted by Crippen LogP contribution is 2.36. The Balaban J connectivity index is 1.88. The molecule has 0 saturated heterocycles. The van der Waals surface area contributed by atoms with Gasteiger partial charge in [0.15, 0.2) is 5.76 Å². The third kappa shape index (κ3) is 3.64. The van der Waals surface area contributed by atoms with Gasteiger partial charge in [0.2, 0.25) is 11.2 Å². The van der Waals surface area contributed by atoms with Crippen molar-refractivity contribution in [2.45, 2.75) is 13.5 Å². The van der Waals surface area contributed by atoms with Gasteiger partial charge in [0.1, 0.15) is 12.2 Å². The molecule has 5 heteroatoms. The Bertz CT molecular complexity index is 1230. The Morgan fingerprint density at radius 1 is 0.964 bits per heavy atom. The Kier molecular flexibility index (Phi) is 5.12. The summed E-state index contributed by atoms with van der Waals surface area (Å²) in [5, 5.41) is 1.29. The Morgan fingerprint density at radius 3 is 2.57 bits per heavy atom. The smallest absolute Gasteiger partial charge is 0.235 e. The molecule has 0 amide bonds. The molecule has 0 spiro atoms. The van der Waals surface area contributed by atoms with E-state index >= 15 is 0 Å². The highest BCUT2D eigenvalue weighted by atomic mass is 35.5. The number of rotatable bonds is 4. The van der Waals surface area contributed by atoms with E-state index in [1.54, 1.807) is 30.3 Å². The number of halogens is 2. The lowest BCUT2D eigenvalue weighted by Crippen LogP contribution is -2.10. The van der Waals surface area contributed by atoms with Gasteiger partial charge in [-0.1, -0.05) is 65.2 Å². The second-order valence-electron chi connectivity index (χ2n) is 6.49. The third-order valence-electron chi connectivity index (χ3n) is 4.39. The van der Waals surface area contributed by atoms with Gasteiger partial charge < -0.3 is 9.15 Å². The number of hydrogen-bond acceptors (Lipinski definition) is 3. The fraction of sp³-hybridized carbons (Fsp3) is 0.0870. The summed E-state index contributed by atoms with van der Waals surface area (Å²) in [6, 6.07) is 20.0. The van der Waals surface area contributed by atoms with E-state index in [1.807, 2.05) is 43.3 Å². The van der Waals surface area contributed by atoms with Gasteiger partial charge in [0, 0.05) is 10.6 Å². The molecule has 0 aliphatic carbocycles. The van der Waals surface area contributed by atoms with Crippen LogP contribution in [-0.2, 0) is 6.61 Å². The van der Waals surface area contributed by atoms with Crippen molar-refractivity contribution in [3.05, 3.63) is 98.1 Å². The standard InChI is InChI=1S/C23H16Cl2O3/c1-14-5-4-6-15(11-14)13-27-23-21(26)18-12-16(24)9-10-20(18)28-22(23)17-7-2-3-8-19(17)25/h2-12H,13H2,1H3. The van der Waals surface area contributed by atoms with Gasteiger partial charge in [-0.3, -0.25) is 4.79 Å². The minimum atomic E-state index is -0.286. The molecule has 1 aromatic heterocycles. The van der Waals surface area contributed by atoms with Gasteiger partial charge in [-0.2, -0.15) is 0 Å². The Labute approximate surface area is 172 Å². The van der Waals surface area contributed by atoms with E-state index in [4.69, 9.17) is 32.4 Å². The molecule has 0 aliphatic rings. The van der Waals surface area contributed by atoms with Crippen LogP contribution in [0, 0.1) is 6.92 Å². The van der Waals surface area contributed by atoms with Gasteiger partial charge in [-0.05, 0) is 42.8 Å². The van der Waals surface area contributed by atoms with Crippen molar-refractivity contribution in [1.82, 2.24) is 0 Å². The van der Waals surface area contributed by atoms with Crippen LogP contribution in [0.1, 0.15) is 11.1 Å². The van der Waals surface area contributed by atoms with Crippen molar-refractivity contribution >= 4 is 34.2 Å². The molecule has 0 unspecified atom stereocenters. The molecule has 0 atom stereocenters. The van der Waals surface area contributed by atoms with Crippen LogP contribution in [0.25, 0.3) is 22.3 Å². The van der Waals surface area contributed by atoms with Crippen LogP contribution >= 0.6 is 23.2 Å². The van der Waals surface area contributed by atoms with Crippen LogP contribution in [0.15, 0.2) is 75.9 Å². The highest BCUT2D eigenvalue weighted by Gasteiger charge is 2.20. The first-order valence-electron chi connectivity index (χ1n) is 8.72. The minimum absolute atomic E-state index is 0.115. The molecule has 0 bridgehead atoms. The lowest BCUT2D eigenvalue weighted by Gasteiger charge is -2.13. The molecule has 1 heterocycles. The molecule has 0 aliphatic heterocycles. The molecule has 0 fully saturated rings. The predicted octanol–water partition coefficient (Wildman–Crippen LogP) is 6.65. The zero-order valence-electron chi connectivity index (χ0n) is 15.0. The molecular weight excluding hydrogens is 395 g/mol. The topological polar surface area (TPSA) is 39.4 Å². The summed E-state index contributed by atoms with van der Waals surface area (Å²) >= 11 is 12.4. The lowest BCUT2D eigenvalue weighted by atomic mass is 10.1. The summed E-state index contributed by atoms with van der Waals surface area (Å²) in [6.07, 6.45) is 0. The fourth-order valence-corrected chi connectivity index (χ4v) is 3.46. The van der Waals surface area contributed by atoms with Gasteiger partial charge in [0.25, 0.3) is 0 Å². The molecule has 0 radical (unpaired) electrons. The molecule has 140 valence electrons. The summed E-state index contributed by atoms with van der Waals surface area (Å²) in [5.41, 5.74) is 2.80. The Morgan fingerprint density at radius 2 is 1.79 bits per heavy atom. The summed E-state index contributed by atoms with van der Waals surface area (Å²) in [6.45, 7) is 2.24. The fourth-order valence-electron chi connectivity index (χ4n) is 3.06. The predicted molar refractivity (Wildman–Crippen MR) is 113 cm³/mol. The van der Waals surface area contributed by atoms with E-state index < -0.39 is 0 Å². The molecule has 0 N–H and O–H groups in total. The summed E-state index contributed by atoms with van der Waals surface area (Å²) in [5.74, 6) is 0.419. The maximum Gasteiger partial charge on any atom is 0.235 e. The van der Waals surface area contributed by atoms with E-state index in [1.165, 1.54) is 0 Å². The van der Waals surface area contributed by atoms with Crippen LogP contribution in [-0.4, -0.2) is 0 Å². The van der Waals surface area contributed by atoms with Crippen molar-refractivity contribution in [3.8, 4) is 17.1 Å². The van der Waals surface area contributed by atoms with E-state index in [0.29, 0.717) is 32.3 Å². The maximum absolute atomic E-state index is 13.2. The largest absolute Gasteiger partial charge is 0.481 e. The zero-order valence-corrected chi connectivity index (χ0v) is 16.6. The molecular formula is C23H16Cl2O3. The third-order valence-corrected chi connectivity index (χ3v) is 4.96. The summed E-state index contributed by atoms with van der Waals surface area (Å²) < 4.78 is 12.0. The van der Waals surface area contributed by atoms with Crippen LogP contribution in [0.4, 0.5) is 0 Å². The van der Waals surface area contributed by atoms with Crippen LogP contribution in [0.3, 0.4) is 0 Å². The highest BCUT2D eigenvalue weighted by molar-refractivity contribution is 6.33. The first kappa shape index (κ1) is 18.6. The molecule has 28 heavy (non-hydrogen) atoms. The zero-order chi connectivity index (χ0) is 19.7. The normalized spacial score (nSPS) is 11.0. The van der Waals surface area contributed by atoms with Crippen molar-refractivity contribution in [3.63, 3.8) is 0 Å². The number of aryl methyl sites for hydroxylation is 1. The average molecular weight is 411 g/mol. The van der Waals surface area contributed by atoms with Gasteiger partial charge in [-0.15, -0.1) is 0 Å².